The Balaban J connectivity index is 1.23. The lowest BCUT2D eigenvalue weighted by molar-refractivity contribution is -0.133. The first-order valence-corrected chi connectivity index (χ1v) is 16.1. The topological polar surface area (TPSA) is 139 Å². The molecule has 12 nitrogen and oxygen atoms in total. The van der Waals surface area contributed by atoms with E-state index in [9.17, 15) is 18.0 Å². The molecule has 5 rings (SSSR count). The molecule has 1 unspecified atom stereocenters. The van der Waals surface area contributed by atoms with Crippen LogP contribution in [0.2, 0.25) is 0 Å². The predicted octanol–water partition coefficient (Wildman–Crippen LogP) is 1.42. The Bertz CT molecular complexity index is 1450. The number of nitrogens with one attached hydrogen (secondary N) is 1. The molecule has 3 aliphatic rings. The molecule has 2 fully saturated rings. The van der Waals surface area contributed by atoms with Gasteiger partial charge in [-0.1, -0.05) is 29.1 Å². The highest BCUT2D eigenvalue weighted by atomic mass is 32.2. The highest BCUT2D eigenvalue weighted by Gasteiger charge is 2.37. The van der Waals surface area contributed by atoms with Crippen LogP contribution < -0.4 is 5.32 Å². The maximum absolute atomic E-state index is 13.4. The van der Waals surface area contributed by atoms with E-state index in [2.05, 4.69) is 32.4 Å². The summed E-state index contributed by atoms with van der Waals surface area (Å²) in [7, 11) is -1.56. The number of nitrogens with zero attached hydrogens (tertiary/aromatic N) is 6. The van der Waals surface area contributed by atoms with E-state index < -0.39 is 15.7 Å². The average molecular weight is 602 g/mol. The number of amides is 2. The number of aliphatic imine (C=N–C) groups is 1. The van der Waals surface area contributed by atoms with Gasteiger partial charge in [0.1, 0.15) is 5.69 Å². The summed E-state index contributed by atoms with van der Waals surface area (Å²) in [6.07, 6.45) is 3.13. The number of oxime groups is 1. The third kappa shape index (κ3) is 7.16. The minimum Gasteiger partial charge on any atom is -0.389 e. The number of hydrogen-bond donors (Lipinski definition) is 1. The zero-order valence-electron chi connectivity index (χ0n) is 23.4. The second kappa shape index (κ2) is 12.3. The van der Waals surface area contributed by atoms with Crippen LogP contribution in [-0.4, -0.2) is 100.0 Å². The number of aryl methyl sites for hydroxylation is 1. The van der Waals surface area contributed by atoms with Crippen molar-refractivity contribution in [2.75, 3.05) is 32.7 Å². The van der Waals surface area contributed by atoms with Gasteiger partial charge in [0.15, 0.2) is 27.3 Å². The van der Waals surface area contributed by atoms with Gasteiger partial charge in [-0.2, -0.15) is 5.10 Å². The number of hydrogen-bond acceptors (Lipinski definition) is 10. The van der Waals surface area contributed by atoms with Crippen molar-refractivity contribution in [1.29, 1.82) is 0 Å². The van der Waals surface area contributed by atoms with Crippen LogP contribution in [0.15, 0.2) is 51.6 Å². The summed E-state index contributed by atoms with van der Waals surface area (Å²) < 4.78 is 26.9. The molecule has 2 atom stereocenters. The third-order valence-electron chi connectivity index (χ3n) is 7.29. The maximum atomic E-state index is 13.4. The van der Waals surface area contributed by atoms with E-state index in [1.54, 1.807) is 43.0 Å². The number of piperazine rings is 1. The zero-order valence-corrected chi connectivity index (χ0v) is 25.0. The molecule has 41 heavy (non-hydrogen) atoms. The van der Waals surface area contributed by atoms with Crippen LogP contribution in [0, 0.1) is 0 Å². The molecule has 1 aromatic carbocycles. The fourth-order valence-electron chi connectivity index (χ4n) is 4.99. The number of sulfone groups is 1. The SMILES string of the molecule is CC(=O)N1CCN(CC2CN=C(NC(=O)/C(=N/OCc3ccn(C)n3)c3ccc(S(=O)(=O)C4CC4)cc3)S2)C[C@@H]1C. The van der Waals surface area contributed by atoms with Gasteiger partial charge in [0, 0.05) is 63.2 Å². The molecule has 0 spiro atoms. The molecule has 2 amide bonds. The van der Waals surface area contributed by atoms with Gasteiger partial charge in [-0.3, -0.25) is 29.5 Å². The summed E-state index contributed by atoms with van der Waals surface area (Å²) in [6, 6.07) is 8.11. The van der Waals surface area contributed by atoms with Crippen molar-refractivity contribution >= 4 is 44.3 Å². The summed E-state index contributed by atoms with van der Waals surface area (Å²) in [5.74, 6) is -0.402. The van der Waals surface area contributed by atoms with Crippen LogP contribution >= 0.6 is 11.8 Å². The average Bonchev–Trinajstić information content (AvgIpc) is 3.59. The van der Waals surface area contributed by atoms with Gasteiger partial charge in [0.2, 0.25) is 5.91 Å². The summed E-state index contributed by atoms with van der Waals surface area (Å²) in [5, 5.41) is 11.6. The van der Waals surface area contributed by atoms with Crippen molar-refractivity contribution in [3.63, 3.8) is 0 Å². The molecule has 1 N–H and O–H groups in total. The van der Waals surface area contributed by atoms with E-state index in [1.165, 1.54) is 23.9 Å². The minimum absolute atomic E-state index is 0.0113. The molecule has 0 radical (unpaired) electrons. The first-order chi connectivity index (χ1) is 19.6. The van der Waals surface area contributed by atoms with Gasteiger partial charge in [-0.25, -0.2) is 8.42 Å². The predicted molar refractivity (Wildman–Crippen MR) is 156 cm³/mol. The Labute approximate surface area is 244 Å². The molecule has 2 aliphatic heterocycles. The van der Waals surface area contributed by atoms with Gasteiger partial charge in [-0.15, -0.1) is 0 Å². The van der Waals surface area contributed by atoms with E-state index in [1.807, 2.05) is 4.90 Å². The quantitative estimate of drug-likeness (QED) is 0.337. The smallest absolute Gasteiger partial charge is 0.279 e. The van der Waals surface area contributed by atoms with E-state index in [0.29, 0.717) is 42.4 Å². The molecule has 2 aromatic rings. The number of carbonyl (C=O) groups is 2. The number of carbonyl (C=O) groups excluding carboxylic acids is 2. The van der Waals surface area contributed by atoms with Gasteiger partial charge < -0.3 is 9.74 Å². The van der Waals surface area contributed by atoms with Crippen LogP contribution in [0.25, 0.3) is 0 Å². The molecule has 1 saturated heterocycles. The lowest BCUT2D eigenvalue weighted by Gasteiger charge is -2.40. The van der Waals surface area contributed by atoms with E-state index in [-0.39, 0.29) is 39.7 Å². The van der Waals surface area contributed by atoms with Crippen molar-refractivity contribution < 1.29 is 22.8 Å². The largest absolute Gasteiger partial charge is 0.389 e. The normalized spacial score (nSPS) is 22.0. The fraction of sp³-hybridized carbons (Fsp3) is 0.519. The Hall–Kier alpha value is -3.23. The summed E-state index contributed by atoms with van der Waals surface area (Å²) >= 11 is 1.50. The van der Waals surface area contributed by atoms with Crippen LogP contribution in [0.5, 0.6) is 0 Å². The molecule has 1 saturated carbocycles. The van der Waals surface area contributed by atoms with Gasteiger partial charge >= 0.3 is 0 Å². The van der Waals surface area contributed by atoms with Gasteiger partial charge in [-0.05, 0) is 38.0 Å². The molecule has 1 aromatic heterocycles. The molecule has 0 bridgehead atoms. The summed E-state index contributed by atoms with van der Waals surface area (Å²) in [4.78, 5) is 39.7. The van der Waals surface area contributed by atoms with E-state index >= 15 is 0 Å². The standard InChI is InChI=1S/C27H35N7O5S2/c1-18-15-33(12-13-34(18)19(2)35)16-22-14-28-27(40-22)29-26(36)25(31-39-17-21-10-11-32(3)30-21)20-4-6-23(7-5-20)41(37,38)24-8-9-24/h4-7,10-11,18,22,24H,8-9,12-17H2,1-3H3,(H,28,29,36)/b31-25+/t18-,22?/m0/s1. The first-order valence-electron chi connectivity index (χ1n) is 13.6. The molecular weight excluding hydrogens is 566 g/mol. The summed E-state index contributed by atoms with van der Waals surface area (Å²) in [5.41, 5.74) is 1.09. The van der Waals surface area contributed by atoms with Gasteiger partial charge in [0.05, 0.1) is 16.7 Å². The summed E-state index contributed by atoms with van der Waals surface area (Å²) in [6.45, 7) is 7.41. The second-order valence-electron chi connectivity index (χ2n) is 10.6. The monoisotopic (exact) mass is 601 g/mol. The number of benzene rings is 1. The molecule has 3 heterocycles. The van der Waals surface area contributed by atoms with Crippen LogP contribution in [-0.2, 0) is 37.9 Å². The van der Waals surface area contributed by atoms with Crippen LogP contribution in [0.1, 0.15) is 37.9 Å². The first kappa shape index (κ1) is 29.3. The molecule has 1 aliphatic carbocycles. The molecule has 14 heteroatoms. The van der Waals surface area contributed by atoms with Crippen molar-refractivity contribution in [2.45, 2.75) is 54.7 Å². The van der Waals surface area contributed by atoms with Crippen LogP contribution in [0.4, 0.5) is 0 Å². The Morgan fingerprint density at radius 1 is 1.17 bits per heavy atom. The maximum Gasteiger partial charge on any atom is 0.279 e. The second-order valence-corrected chi connectivity index (χ2v) is 14.1. The third-order valence-corrected chi connectivity index (χ3v) is 10.7. The van der Waals surface area contributed by atoms with E-state index in [4.69, 9.17) is 4.84 Å². The zero-order chi connectivity index (χ0) is 29.1. The van der Waals surface area contributed by atoms with Crippen molar-refractivity contribution in [1.82, 2.24) is 24.9 Å². The van der Waals surface area contributed by atoms with Crippen molar-refractivity contribution in [2.24, 2.45) is 17.2 Å². The Morgan fingerprint density at radius 3 is 2.56 bits per heavy atom. The van der Waals surface area contributed by atoms with Gasteiger partial charge in [0.25, 0.3) is 5.91 Å². The van der Waals surface area contributed by atoms with Crippen molar-refractivity contribution in [3.05, 3.63) is 47.8 Å². The van der Waals surface area contributed by atoms with Crippen molar-refractivity contribution in [3.8, 4) is 0 Å². The fourth-order valence-corrected chi connectivity index (χ4v) is 7.70. The highest BCUT2D eigenvalue weighted by molar-refractivity contribution is 8.14. The lowest BCUT2D eigenvalue weighted by Crippen LogP contribution is -2.54. The highest BCUT2D eigenvalue weighted by Crippen LogP contribution is 2.33. The minimum atomic E-state index is -3.36. The molecular formula is C27H35N7O5S2. The lowest BCUT2D eigenvalue weighted by atomic mass is 10.1. The number of amidine groups is 1. The van der Waals surface area contributed by atoms with E-state index in [0.717, 1.165) is 19.6 Å². The number of rotatable bonds is 9. The number of thioether (sulfide) groups is 1. The molecule has 220 valence electrons. The van der Waals surface area contributed by atoms with Crippen LogP contribution in [0.3, 0.4) is 0 Å². The Kier molecular flexibility index (Phi) is 8.80. The Morgan fingerprint density at radius 2 is 1.93 bits per heavy atom. The number of aromatic nitrogens is 2.